The number of nitrogens with one attached hydrogen (secondary N) is 1. The highest BCUT2D eigenvalue weighted by Gasteiger charge is 2.44. The molecule has 2 rings (SSSR count). The average Bonchev–Trinajstić information content (AvgIpc) is 2.79. The number of carbonyl (C=O) groups is 2. The van der Waals surface area contributed by atoms with Gasteiger partial charge in [0, 0.05) is 18.0 Å². The van der Waals surface area contributed by atoms with Gasteiger partial charge in [-0.3, -0.25) is 9.59 Å². The van der Waals surface area contributed by atoms with E-state index in [0.29, 0.717) is 19.5 Å². The summed E-state index contributed by atoms with van der Waals surface area (Å²) in [7, 11) is 0. The van der Waals surface area contributed by atoms with E-state index < -0.39 is 5.54 Å². The number of piperazine rings is 1. The molecule has 1 fully saturated rings. The summed E-state index contributed by atoms with van der Waals surface area (Å²) >= 11 is 1.49. The SMILES string of the molecule is CCC[C@@]1(C)C(=O)NCCN1C(=O)c1ccc(C)s1. The summed E-state index contributed by atoms with van der Waals surface area (Å²) in [5.41, 5.74) is -0.720. The van der Waals surface area contributed by atoms with Crippen LogP contribution in [-0.4, -0.2) is 35.3 Å². The molecule has 1 aromatic heterocycles. The summed E-state index contributed by atoms with van der Waals surface area (Å²) in [6.07, 6.45) is 1.56. The number of nitrogens with zero attached hydrogens (tertiary/aromatic N) is 1. The molecule has 0 spiro atoms. The van der Waals surface area contributed by atoms with E-state index in [9.17, 15) is 9.59 Å². The predicted octanol–water partition coefficient (Wildman–Crippen LogP) is 2.19. The molecule has 104 valence electrons. The molecule has 5 heteroatoms. The van der Waals surface area contributed by atoms with Crippen LogP contribution in [0.3, 0.4) is 0 Å². The molecule has 19 heavy (non-hydrogen) atoms. The van der Waals surface area contributed by atoms with Gasteiger partial charge in [-0.2, -0.15) is 0 Å². The number of amides is 2. The second-order valence-corrected chi connectivity index (χ2v) is 6.43. The van der Waals surface area contributed by atoms with Crippen LogP contribution in [0.2, 0.25) is 0 Å². The lowest BCUT2D eigenvalue weighted by Gasteiger charge is -2.43. The van der Waals surface area contributed by atoms with Crippen LogP contribution >= 0.6 is 11.3 Å². The molecule has 2 amide bonds. The molecule has 0 saturated carbocycles. The Morgan fingerprint density at radius 1 is 1.53 bits per heavy atom. The summed E-state index contributed by atoms with van der Waals surface area (Å²) in [5.74, 6) is -0.0638. The molecule has 0 radical (unpaired) electrons. The van der Waals surface area contributed by atoms with Gasteiger partial charge in [0.15, 0.2) is 0 Å². The van der Waals surface area contributed by atoms with Crippen LogP contribution in [-0.2, 0) is 4.79 Å². The zero-order chi connectivity index (χ0) is 14.0. The maximum atomic E-state index is 12.6. The minimum Gasteiger partial charge on any atom is -0.352 e. The van der Waals surface area contributed by atoms with Gasteiger partial charge in [-0.25, -0.2) is 0 Å². The van der Waals surface area contributed by atoms with Crippen molar-refractivity contribution in [3.8, 4) is 0 Å². The van der Waals surface area contributed by atoms with Crippen LogP contribution in [0, 0.1) is 6.92 Å². The minimum atomic E-state index is -0.720. The standard InChI is InChI=1S/C14H20N2O2S/c1-4-7-14(3)13(18)15-8-9-16(14)12(17)11-6-5-10(2)19-11/h5-6H,4,7-9H2,1-3H3,(H,15,18)/t14-/m0/s1. The van der Waals surface area contributed by atoms with Gasteiger partial charge in [-0.1, -0.05) is 13.3 Å². The van der Waals surface area contributed by atoms with Crippen LogP contribution in [0.25, 0.3) is 0 Å². The molecule has 0 bridgehead atoms. The van der Waals surface area contributed by atoms with Gasteiger partial charge in [-0.05, 0) is 32.4 Å². The Hall–Kier alpha value is -1.36. The maximum absolute atomic E-state index is 12.6. The van der Waals surface area contributed by atoms with Crippen molar-refractivity contribution in [2.45, 2.75) is 39.2 Å². The van der Waals surface area contributed by atoms with Crippen molar-refractivity contribution in [1.29, 1.82) is 0 Å². The second kappa shape index (κ2) is 5.33. The van der Waals surface area contributed by atoms with E-state index in [2.05, 4.69) is 5.32 Å². The van der Waals surface area contributed by atoms with Gasteiger partial charge < -0.3 is 10.2 Å². The van der Waals surface area contributed by atoms with Crippen molar-refractivity contribution in [2.75, 3.05) is 13.1 Å². The van der Waals surface area contributed by atoms with E-state index in [1.807, 2.05) is 32.9 Å². The van der Waals surface area contributed by atoms with E-state index >= 15 is 0 Å². The maximum Gasteiger partial charge on any atom is 0.264 e. The monoisotopic (exact) mass is 280 g/mol. The van der Waals surface area contributed by atoms with Gasteiger partial charge in [0.25, 0.3) is 5.91 Å². The third-order valence-corrected chi connectivity index (χ3v) is 4.63. The molecule has 0 unspecified atom stereocenters. The molecule has 1 aliphatic heterocycles. The topological polar surface area (TPSA) is 49.4 Å². The van der Waals surface area contributed by atoms with E-state index in [0.717, 1.165) is 16.2 Å². The molecule has 2 heterocycles. The number of aryl methyl sites for hydroxylation is 1. The fourth-order valence-corrected chi connectivity index (χ4v) is 3.40. The summed E-state index contributed by atoms with van der Waals surface area (Å²) in [5, 5.41) is 2.87. The largest absolute Gasteiger partial charge is 0.352 e. The summed E-state index contributed by atoms with van der Waals surface area (Å²) < 4.78 is 0. The van der Waals surface area contributed by atoms with E-state index in [1.54, 1.807) is 4.90 Å². The van der Waals surface area contributed by atoms with Crippen molar-refractivity contribution in [1.82, 2.24) is 10.2 Å². The second-order valence-electron chi connectivity index (χ2n) is 5.15. The van der Waals surface area contributed by atoms with Crippen molar-refractivity contribution in [3.05, 3.63) is 21.9 Å². The van der Waals surface area contributed by atoms with Crippen LogP contribution in [0.5, 0.6) is 0 Å². The van der Waals surface area contributed by atoms with Crippen LogP contribution in [0.1, 0.15) is 41.2 Å². The minimum absolute atomic E-state index is 0.0242. The first-order valence-electron chi connectivity index (χ1n) is 6.65. The van der Waals surface area contributed by atoms with Gasteiger partial charge >= 0.3 is 0 Å². The summed E-state index contributed by atoms with van der Waals surface area (Å²) in [4.78, 5) is 28.3. The average molecular weight is 280 g/mol. The predicted molar refractivity (Wildman–Crippen MR) is 76.4 cm³/mol. The number of thiophene rings is 1. The number of rotatable bonds is 3. The molecular formula is C14H20N2O2S. The smallest absolute Gasteiger partial charge is 0.264 e. The normalized spacial score (nSPS) is 23.3. The highest BCUT2D eigenvalue weighted by atomic mass is 32.1. The summed E-state index contributed by atoms with van der Waals surface area (Å²) in [6, 6.07) is 3.79. The Morgan fingerprint density at radius 3 is 2.84 bits per heavy atom. The van der Waals surface area contributed by atoms with E-state index in [4.69, 9.17) is 0 Å². The van der Waals surface area contributed by atoms with Crippen molar-refractivity contribution in [3.63, 3.8) is 0 Å². The Labute approximate surface area is 117 Å². The molecule has 1 saturated heterocycles. The molecule has 0 aromatic carbocycles. The molecule has 4 nitrogen and oxygen atoms in total. The van der Waals surface area contributed by atoms with Crippen molar-refractivity contribution < 1.29 is 9.59 Å². The Balaban J connectivity index is 2.30. The lowest BCUT2D eigenvalue weighted by atomic mass is 9.90. The highest BCUT2D eigenvalue weighted by molar-refractivity contribution is 7.13. The number of carbonyl (C=O) groups excluding carboxylic acids is 2. The molecule has 1 N–H and O–H groups in total. The Morgan fingerprint density at radius 2 is 2.26 bits per heavy atom. The first kappa shape index (κ1) is 14.1. The summed E-state index contributed by atoms with van der Waals surface area (Å²) in [6.45, 7) is 7.00. The zero-order valence-corrected chi connectivity index (χ0v) is 12.5. The lowest BCUT2D eigenvalue weighted by Crippen LogP contribution is -2.64. The van der Waals surface area contributed by atoms with Crippen molar-refractivity contribution in [2.24, 2.45) is 0 Å². The fraction of sp³-hybridized carbons (Fsp3) is 0.571. The van der Waals surface area contributed by atoms with Crippen molar-refractivity contribution >= 4 is 23.2 Å². The molecule has 1 aromatic rings. The first-order valence-corrected chi connectivity index (χ1v) is 7.47. The van der Waals surface area contributed by atoms with E-state index in [1.165, 1.54) is 11.3 Å². The Kier molecular flexibility index (Phi) is 3.94. The Bertz CT molecular complexity index is 497. The van der Waals surface area contributed by atoms with Crippen LogP contribution < -0.4 is 5.32 Å². The molecule has 1 aliphatic rings. The lowest BCUT2D eigenvalue weighted by molar-refractivity contribution is -0.134. The molecule has 0 aliphatic carbocycles. The third kappa shape index (κ3) is 2.52. The highest BCUT2D eigenvalue weighted by Crippen LogP contribution is 2.28. The van der Waals surface area contributed by atoms with Gasteiger partial charge in [0.1, 0.15) is 5.54 Å². The van der Waals surface area contributed by atoms with Gasteiger partial charge in [0.2, 0.25) is 5.91 Å². The quantitative estimate of drug-likeness (QED) is 0.922. The van der Waals surface area contributed by atoms with Gasteiger partial charge in [-0.15, -0.1) is 11.3 Å². The van der Waals surface area contributed by atoms with E-state index in [-0.39, 0.29) is 11.8 Å². The van der Waals surface area contributed by atoms with Gasteiger partial charge in [0.05, 0.1) is 4.88 Å². The van der Waals surface area contributed by atoms with Crippen LogP contribution in [0.15, 0.2) is 12.1 Å². The third-order valence-electron chi connectivity index (χ3n) is 3.64. The van der Waals surface area contributed by atoms with Crippen LogP contribution in [0.4, 0.5) is 0 Å². The fourth-order valence-electron chi connectivity index (χ4n) is 2.58. The zero-order valence-electron chi connectivity index (χ0n) is 11.7. The number of hydrogen-bond acceptors (Lipinski definition) is 3. The number of hydrogen-bond donors (Lipinski definition) is 1. The first-order chi connectivity index (χ1) is 8.99. The molecular weight excluding hydrogens is 260 g/mol. The molecule has 1 atom stereocenters.